The third-order valence-electron chi connectivity index (χ3n) is 3.32. The fourth-order valence-corrected chi connectivity index (χ4v) is 2.21. The molecule has 118 valence electrons. The molecule has 0 aliphatic carbocycles. The van der Waals surface area contributed by atoms with Crippen LogP contribution >= 0.6 is 0 Å². The zero-order valence-electron chi connectivity index (χ0n) is 12.7. The molecule has 0 saturated heterocycles. The number of hydrogen-bond donors (Lipinski definition) is 2. The molecule has 1 atom stereocenters. The topological polar surface area (TPSA) is 62.5 Å². The van der Waals surface area contributed by atoms with Crippen LogP contribution in [0.5, 0.6) is 0 Å². The Morgan fingerprint density at radius 1 is 1.23 bits per heavy atom. The van der Waals surface area contributed by atoms with E-state index in [0.29, 0.717) is 30.4 Å². The summed E-state index contributed by atoms with van der Waals surface area (Å²) >= 11 is 0. The van der Waals surface area contributed by atoms with Crippen LogP contribution in [0.2, 0.25) is 0 Å². The predicted octanol–water partition coefficient (Wildman–Crippen LogP) is 3.67. The van der Waals surface area contributed by atoms with Gasteiger partial charge in [0.25, 0.3) is 0 Å². The summed E-state index contributed by atoms with van der Waals surface area (Å²) in [6, 6.07) is 9.02. The van der Waals surface area contributed by atoms with Gasteiger partial charge in [0, 0.05) is 5.56 Å². The van der Waals surface area contributed by atoms with Gasteiger partial charge in [0.15, 0.2) is 0 Å². The minimum absolute atomic E-state index is 0.292. The van der Waals surface area contributed by atoms with Gasteiger partial charge in [-0.05, 0) is 48.7 Å². The summed E-state index contributed by atoms with van der Waals surface area (Å²) in [5.41, 5.74) is 0.782. The minimum atomic E-state index is -0.862. The monoisotopic (exact) mass is 305 g/mol. The molecular formula is C17H20FNO3. The lowest BCUT2D eigenvalue weighted by molar-refractivity contribution is -0.140. The second-order valence-corrected chi connectivity index (χ2v) is 5.67. The highest BCUT2D eigenvalue weighted by Crippen LogP contribution is 2.22. The summed E-state index contributed by atoms with van der Waals surface area (Å²) in [6.07, 6.45) is 0.556. The van der Waals surface area contributed by atoms with Crippen LogP contribution < -0.4 is 5.32 Å². The Bertz CT molecular complexity index is 619. The Morgan fingerprint density at radius 2 is 1.91 bits per heavy atom. The van der Waals surface area contributed by atoms with Crippen LogP contribution in [0.3, 0.4) is 0 Å². The molecule has 1 aromatic heterocycles. The maximum Gasteiger partial charge on any atom is 0.320 e. The number of halogens is 1. The first-order valence-corrected chi connectivity index (χ1v) is 7.26. The highest BCUT2D eigenvalue weighted by Gasteiger charge is 2.18. The van der Waals surface area contributed by atoms with Gasteiger partial charge in [0.1, 0.15) is 23.4 Å². The van der Waals surface area contributed by atoms with Crippen LogP contribution in [0.4, 0.5) is 4.39 Å². The first-order valence-electron chi connectivity index (χ1n) is 7.26. The van der Waals surface area contributed by atoms with Gasteiger partial charge in [-0.25, -0.2) is 4.39 Å². The van der Waals surface area contributed by atoms with Crippen LogP contribution in [0.15, 0.2) is 40.8 Å². The first kappa shape index (κ1) is 16.2. The number of carboxylic acid groups (broad SMARTS) is 1. The lowest BCUT2D eigenvalue weighted by Gasteiger charge is -2.15. The molecule has 0 saturated carbocycles. The van der Waals surface area contributed by atoms with Crippen LogP contribution in [-0.2, 0) is 11.3 Å². The summed E-state index contributed by atoms with van der Waals surface area (Å²) in [4.78, 5) is 11.2. The molecule has 22 heavy (non-hydrogen) atoms. The number of furan rings is 1. The summed E-state index contributed by atoms with van der Waals surface area (Å²) < 4.78 is 18.6. The average Bonchev–Trinajstić information content (AvgIpc) is 2.92. The van der Waals surface area contributed by atoms with Gasteiger partial charge in [-0.15, -0.1) is 0 Å². The van der Waals surface area contributed by atoms with Gasteiger partial charge in [0.05, 0.1) is 6.54 Å². The van der Waals surface area contributed by atoms with E-state index in [1.165, 1.54) is 12.1 Å². The molecule has 0 unspecified atom stereocenters. The fourth-order valence-electron chi connectivity index (χ4n) is 2.21. The molecule has 5 heteroatoms. The van der Waals surface area contributed by atoms with E-state index in [9.17, 15) is 14.3 Å². The van der Waals surface area contributed by atoms with Gasteiger partial charge in [-0.2, -0.15) is 0 Å². The van der Waals surface area contributed by atoms with Crippen LogP contribution in [0.1, 0.15) is 26.0 Å². The van der Waals surface area contributed by atoms with E-state index in [2.05, 4.69) is 5.32 Å². The van der Waals surface area contributed by atoms with E-state index in [1.54, 1.807) is 24.3 Å². The van der Waals surface area contributed by atoms with Crippen molar-refractivity contribution in [2.24, 2.45) is 5.92 Å². The van der Waals surface area contributed by atoms with Crippen molar-refractivity contribution < 1.29 is 18.7 Å². The van der Waals surface area contributed by atoms with Gasteiger partial charge in [-0.1, -0.05) is 13.8 Å². The van der Waals surface area contributed by atoms with Crippen LogP contribution in [-0.4, -0.2) is 17.1 Å². The molecule has 2 N–H and O–H groups in total. The van der Waals surface area contributed by atoms with Gasteiger partial charge >= 0.3 is 5.97 Å². The maximum atomic E-state index is 12.9. The summed E-state index contributed by atoms with van der Waals surface area (Å²) in [6.45, 7) is 4.30. The molecule has 2 rings (SSSR count). The van der Waals surface area contributed by atoms with Crippen molar-refractivity contribution in [1.29, 1.82) is 0 Å². The summed E-state index contributed by atoms with van der Waals surface area (Å²) in [5.74, 6) is 0.413. The zero-order chi connectivity index (χ0) is 16.1. The quantitative estimate of drug-likeness (QED) is 0.819. The van der Waals surface area contributed by atoms with E-state index in [0.717, 1.165) is 5.56 Å². The van der Waals surface area contributed by atoms with Gasteiger partial charge in [0.2, 0.25) is 0 Å². The van der Waals surface area contributed by atoms with Crippen molar-refractivity contribution in [2.75, 3.05) is 0 Å². The van der Waals surface area contributed by atoms with E-state index < -0.39 is 12.0 Å². The molecule has 0 amide bonds. The molecule has 0 fully saturated rings. The molecule has 0 radical (unpaired) electrons. The largest absolute Gasteiger partial charge is 0.480 e. The van der Waals surface area contributed by atoms with E-state index in [-0.39, 0.29) is 5.82 Å². The number of carbonyl (C=O) groups is 1. The summed E-state index contributed by atoms with van der Waals surface area (Å²) in [7, 11) is 0. The second kappa shape index (κ2) is 7.22. The molecule has 4 nitrogen and oxygen atoms in total. The normalized spacial score (nSPS) is 12.5. The molecule has 0 spiro atoms. The molecule has 0 aliphatic heterocycles. The highest BCUT2D eigenvalue weighted by atomic mass is 19.1. The highest BCUT2D eigenvalue weighted by molar-refractivity contribution is 5.73. The molecule has 2 aromatic rings. The Hall–Kier alpha value is -2.14. The first-order chi connectivity index (χ1) is 10.5. The van der Waals surface area contributed by atoms with Crippen molar-refractivity contribution in [2.45, 2.75) is 32.9 Å². The Labute approximate surface area is 129 Å². The number of nitrogens with one attached hydrogen (secondary N) is 1. The Kier molecular flexibility index (Phi) is 5.33. The Balaban J connectivity index is 1.99. The van der Waals surface area contributed by atoms with Crippen LogP contribution in [0.25, 0.3) is 11.3 Å². The van der Waals surface area contributed by atoms with E-state index >= 15 is 0 Å². The number of carboxylic acids is 1. The van der Waals surface area contributed by atoms with E-state index in [4.69, 9.17) is 4.42 Å². The van der Waals surface area contributed by atoms with Crippen molar-refractivity contribution in [3.63, 3.8) is 0 Å². The van der Waals surface area contributed by atoms with Crippen molar-refractivity contribution in [1.82, 2.24) is 5.32 Å². The third-order valence-corrected chi connectivity index (χ3v) is 3.32. The van der Waals surface area contributed by atoms with Crippen LogP contribution in [0, 0.1) is 11.7 Å². The standard InChI is InChI=1S/C17H20FNO3/c1-11(2)9-15(17(20)21)19-10-14-7-8-16(22-14)12-3-5-13(18)6-4-12/h3-8,11,15,19H,9-10H2,1-2H3,(H,20,21)/t15-/m0/s1. The fraction of sp³-hybridized carbons (Fsp3) is 0.353. The SMILES string of the molecule is CC(C)C[C@H](NCc1ccc(-c2ccc(F)cc2)o1)C(=O)O. The maximum absolute atomic E-state index is 12.9. The summed E-state index contributed by atoms with van der Waals surface area (Å²) in [5, 5.41) is 12.2. The van der Waals surface area contributed by atoms with Gasteiger partial charge < -0.3 is 9.52 Å². The lowest BCUT2D eigenvalue weighted by atomic mass is 10.0. The molecular weight excluding hydrogens is 285 g/mol. The predicted molar refractivity (Wildman–Crippen MR) is 81.8 cm³/mol. The molecule has 0 aliphatic rings. The van der Waals surface area contributed by atoms with Crippen molar-refractivity contribution >= 4 is 5.97 Å². The lowest BCUT2D eigenvalue weighted by Crippen LogP contribution is -2.37. The Morgan fingerprint density at radius 3 is 2.50 bits per heavy atom. The number of hydrogen-bond acceptors (Lipinski definition) is 3. The number of rotatable bonds is 7. The number of aliphatic carboxylic acids is 1. The smallest absolute Gasteiger partial charge is 0.320 e. The van der Waals surface area contributed by atoms with Crippen molar-refractivity contribution in [3.8, 4) is 11.3 Å². The molecule has 1 heterocycles. The molecule has 0 bridgehead atoms. The molecule has 1 aromatic carbocycles. The van der Waals surface area contributed by atoms with Crippen molar-refractivity contribution in [3.05, 3.63) is 48.0 Å². The third kappa shape index (κ3) is 4.43. The number of benzene rings is 1. The van der Waals surface area contributed by atoms with E-state index in [1.807, 2.05) is 13.8 Å². The minimum Gasteiger partial charge on any atom is -0.480 e. The zero-order valence-corrected chi connectivity index (χ0v) is 12.7. The van der Waals surface area contributed by atoms with Gasteiger partial charge in [-0.3, -0.25) is 10.1 Å². The average molecular weight is 305 g/mol. The second-order valence-electron chi connectivity index (χ2n) is 5.67.